The molecule has 0 bridgehead atoms. The van der Waals surface area contributed by atoms with E-state index in [4.69, 9.17) is 4.74 Å². The second kappa shape index (κ2) is 11.7. The third kappa shape index (κ3) is 6.36. The summed E-state index contributed by atoms with van der Waals surface area (Å²) in [5.74, 6) is -1.49. The van der Waals surface area contributed by atoms with Gasteiger partial charge in [0.15, 0.2) is 0 Å². The average molecular weight is 466 g/mol. The molecule has 176 valence electrons. The highest BCUT2D eigenvalue weighted by Gasteiger charge is 2.28. The minimum Gasteiger partial charge on any atom is -0.489 e. The third-order valence-electron chi connectivity index (χ3n) is 5.78. The lowest BCUT2D eigenvalue weighted by Crippen LogP contribution is -2.44. The smallest absolute Gasteiger partial charge is 0.326 e. The van der Waals surface area contributed by atoms with Crippen LogP contribution in [0.5, 0.6) is 5.75 Å². The molecule has 4 aromatic rings. The zero-order valence-corrected chi connectivity index (χ0v) is 19.2. The van der Waals surface area contributed by atoms with Crippen molar-refractivity contribution in [3.05, 3.63) is 138 Å². The van der Waals surface area contributed by atoms with Crippen LogP contribution in [0.2, 0.25) is 0 Å². The van der Waals surface area contributed by atoms with Gasteiger partial charge in [-0.3, -0.25) is 4.79 Å². The second-order valence-electron chi connectivity index (χ2n) is 8.24. The maximum Gasteiger partial charge on any atom is 0.326 e. The van der Waals surface area contributed by atoms with Crippen molar-refractivity contribution < 1.29 is 19.4 Å². The molecule has 35 heavy (non-hydrogen) atoms. The van der Waals surface area contributed by atoms with E-state index in [1.807, 2.05) is 115 Å². The first-order valence-electron chi connectivity index (χ1n) is 11.5. The van der Waals surface area contributed by atoms with Crippen LogP contribution in [0.1, 0.15) is 28.2 Å². The SMILES string of the molecule is O=C(N[C@@H](Cc1ccccc1OCc1ccccc1)C(=O)O)C(c1ccccc1)c1ccccc1. The molecule has 0 radical (unpaired) electrons. The minimum absolute atomic E-state index is 0.0995. The predicted octanol–water partition coefficient (Wildman–Crippen LogP) is 5.21. The molecule has 0 aromatic heterocycles. The fourth-order valence-electron chi connectivity index (χ4n) is 4.01. The van der Waals surface area contributed by atoms with Crippen LogP contribution in [0.25, 0.3) is 0 Å². The quantitative estimate of drug-likeness (QED) is 0.337. The van der Waals surface area contributed by atoms with Crippen LogP contribution in [0.3, 0.4) is 0 Å². The molecule has 5 nitrogen and oxygen atoms in total. The van der Waals surface area contributed by atoms with Crippen molar-refractivity contribution in [1.82, 2.24) is 5.32 Å². The van der Waals surface area contributed by atoms with Gasteiger partial charge in [-0.25, -0.2) is 4.79 Å². The summed E-state index contributed by atoms with van der Waals surface area (Å²) < 4.78 is 5.99. The second-order valence-corrected chi connectivity index (χ2v) is 8.24. The van der Waals surface area contributed by atoms with Gasteiger partial charge < -0.3 is 15.2 Å². The molecule has 4 rings (SSSR count). The number of carbonyl (C=O) groups excluding carboxylic acids is 1. The number of carboxylic acids is 1. The number of para-hydroxylation sites is 1. The monoisotopic (exact) mass is 465 g/mol. The molecule has 1 amide bonds. The van der Waals surface area contributed by atoms with Crippen LogP contribution in [-0.2, 0) is 22.6 Å². The molecule has 2 N–H and O–H groups in total. The number of ether oxygens (including phenoxy) is 1. The van der Waals surface area contributed by atoms with Crippen molar-refractivity contribution in [3.63, 3.8) is 0 Å². The van der Waals surface area contributed by atoms with Crippen molar-refractivity contribution >= 4 is 11.9 Å². The zero-order valence-electron chi connectivity index (χ0n) is 19.2. The normalized spacial score (nSPS) is 11.6. The first kappa shape index (κ1) is 23.8. The van der Waals surface area contributed by atoms with E-state index >= 15 is 0 Å². The number of carbonyl (C=O) groups is 2. The molecular weight excluding hydrogens is 438 g/mol. The molecule has 4 aromatic carbocycles. The van der Waals surface area contributed by atoms with E-state index in [0.29, 0.717) is 17.9 Å². The Labute approximate surface area is 205 Å². The van der Waals surface area contributed by atoms with E-state index in [1.54, 1.807) is 0 Å². The maximum absolute atomic E-state index is 13.4. The topological polar surface area (TPSA) is 75.6 Å². The lowest BCUT2D eigenvalue weighted by atomic mass is 9.90. The number of aliphatic carboxylic acids is 1. The molecular formula is C30H27NO4. The number of hydrogen-bond donors (Lipinski definition) is 2. The lowest BCUT2D eigenvalue weighted by molar-refractivity contribution is -0.141. The summed E-state index contributed by atoms with van der Waals surface area (Å²) in [6, 6.07) is 34.7. The predicted molar refractivity (Wildman–Crippen MR) is 135 cm³/mol. The first-order valence-corrected chi connectivity index (χ1v) is 11.5. The number of carboxylic acid groups (broad SMARTS) is 1. The Kier molecular flexibility index (Phi) is 7.92. The van der Waals surface area contributed by atoms with Crippen LogP contribution in [0, 0.1) is 0 Å². The Bertz CT molecular complexity index is 1200. The molecule has 0 aliphatic heterocycles. The number of benzene rings is 4. The lowest BCUT2D eigenvalue weighted by Gasteiger charge is -2.22. The Morgan fingerprint density at radius 1 is 0.714 bits per heavy atom. The largest absolute Gasteiger partial charge is 0.489 e. The first-order chi connectivity index (χ1) is 17.1. The van der Waals surface area contributed by atoms with E-state index in [2.05, 4.69) is 5.32 Å². The Morgan fingerprint density at radius 2 is 1.23 bits per heavy atom. The highest BCUT2D eigenvalue weighted by atomic mass is 16.5. The molecule has 0 spiro atoms. The minimum atomic E-state index is -1.11. The summed E-state index contributed by atoms with van der Waals surface area (Å²) in [5.41, 5.74) is 3.32. The summed E-state index contributed by atoms with van der Waals surface area (Å²) in [5, 5.41) is 12.7. The van der Waals surface area contributed by atoms with Gasteiger partial charge in [-0.05, 0) is 28.3 Å². The van der Waals surface area contributed by atoms with E-state index in [9.17, 15) is 14.7 Å². The van der Waals surface area contributed by atoms with Crippen LogP contribution in [0.4, 0.5) is 0 Å². The van der Waals surface area contributed by atoms with Crippen LogP contribution >= 0.6 is 0 Å². The van der Waals surface area contributed by atoms with E-state index in [1.165, 1.54) is 0 Å². The van der Waals surface area contributed by atoms with Crippen molar-refractivity contribution in [2.45, 2.75) is 25.0 Å². The average Bonchev–Trinajstić information content (AvgIpc) is 2.90. The van der Waals surface area contributed by atoms with Gasteiger partial charge in [-0.2, -0.15) is 0 Å². The van der Waals surface area contributed by atoms with Gasteiger partial charge in [0, 0.05) is 6.42 Å². The Morgan fingerprint density at radius 3 is 1.80 bits per heavy atom. The van der Waals surface area contributed by atoms with Gasteiger partial charge >= 0.3 is 5.97 Å². The van der Waals surface area contributed by atoms with Gasteiger partial charge in [0.1, 0.15) is 18.4 Å². The van der Waals surface area contributed by atoms with E-state index < -0.39 is 17.9 Å². The van der Waals surface area contributed by atoms with Gasteiger partial charge in [0.2, 0.25) is 5.91 Å². The van der Waals surface area contributed by atoms with Crippen molar-refractivity contribution in [1.29, 1.82) is 0 Å². The molecule has 0 saturated heterocycles. The van der Waals surface area contributed by atoms with Crippen molar-refractivity contribution in [2.75, 3.05) is 0 Å². The van der Waals surface area contributed by atoms with Gasteiger partial charge in [-0.1, -0.05) is 109 Å². The van der Waals surface area contributed by atoms with Crippen LogP contribution in [0.15, 0.2) is 115 Å². The molecule has 0 saturated carbocycles. The molecule has 0 unspecified atom stereocenters. The highest BCUT2D eigenvalue weighted by molar-refractivity contribution is 5.90. The fraction of sp³-hybridized carbons (Fsp3) is 0.133. The molecule has 5 heteroatoms. The van der Waals surface area contributed by atoms with E-state index in [0.717, 1.165) is 16.7 Å². The summed E-state index contributed by atoms with van der Waals surface area (Å²) >= 11 is 0. The maximum atomic E-state index is 13.4. The summed E-state index contributed by atoms with van der Waals surface area (Å²) in [4.78, 5) is 25.6. The molecule has 1 atom stereocenters. The fourth-order valence-corrected chi connectivity index (χ4v) is 4.01. The van der Waals surface area contributed by atoms with Gasteiger partial charge in [0.25, 0.3) is 0 Å². The number of amides is 1. The van der Waals surface area contributed by atoms with E-state index in [-0.39, 0.29) is 12.3 Å². The zero-order chi connectivity index (χ0) is 24.5. The summed E-state index contributed by atoms with van der Waals surface area (Å²) in [6.45, 7) is 0.367. The van der Waals surface area contributed by atoms with Crippen LogP contribution in [-0.4, -0.2) is 23.0 Å². The Balaban J connectivity index is 1.53. The number of hydrogen-bond acceptors (Lipinski definition) is 3. The standard InChI is InChI=1S/C30H27NO4/c32-29(28(23-14-6-2-7-15-23)24-16-8-3-9-17-24)31-26(30(33)34)20-25-18-10-11-19-27(25)35-21-22-12-4-1-5-13-22/h1-19,26,28H,20-21H2,(H,31,32)(H,33,34)/t26-/m0/s1. The van der Waals surface area contributed by atoms with Gasteiger partial charge in [0.05, 0.1) is 5.92 Å². The van der Waals surface area contributed by atoms with Gasteiger partial charge in [-0.15, -0.1) is 0 Å². The molecule has 0 heterocycles. The Hall–Kier alpha value is -4.38. The number of nitrogens with one attached hydrogen (secondary N) is 1. The van der Waals surface area contributed by atoms with Crippen LogP contribution < -0.4 is 10.1 Å². The van der Waals surface area contributed by atoms with Crippen molar-refractivity contribution in [2.24, 2.45) is 0 Å². The van der Waals surface area contributed by atoms with Crippen molar-refractivity contribution in [3.8, 4) is 5.75 Å². The molecule has 0 aliphatic rings. The molecule has 0 fully saturated rings. The summed E-state index contributed by atoms with van der Waals surface area (Å²) in [6.07, 6.45) is 0.0995. The summed E-state index contributed by atoms with van der Waals surface area (Å²) in [7, 11) is 0. The number of rotatable bonds is 10. The highest BCUT2D eigenvalue weighted by Crippen LogP contribution is 2.26. The third-order valence-corrected chi connectivity index (χ3v) is 5.78. The molecule has 0 aliphatic carbocycles.